The van der Waals surface area contributed by atoms with Crippen molar-refractivity contribution >= 4 is 11.9 Å². The third kappa shape index (κ3) is 2.71. The van der Waals surface area contributed by atoms with Crippen molar-refractivity contribution in [1.82, 2.24) is 10.2 Å². The molecule has 0 bridgehead atoms. The van der Waals surface area contributed by atoms with E-state index in [0.29, 0.717) is 19.0 Å². The van der Waals surface area contributed by atoms with Gasteiger partial charge in [0, 0.05) is 12.6 Å². The molecule has 2 unspecified atom stereocenters. The van der Waals surface area contributed by atoms with Gasteiger partial charge in [-0.1, -0.05) is 44.2 Å². The van der Waals surface area contributed by atoms with E-state index in [1.54, 1.807) is 4.90 Å². The van der Waals surface area contributed by atoms with Crippen LogP contribution in [0, 0.1) is 5.41 Å². The maximum atomic E-state index is 12.9. The molecule has 3 atom stereocenters. The Hall–Kier alpha value is -1.88. The monoisotopic (exact) mass is 328 g/mol. The van der Waals surface area contributed by atoms with Gasteiger partial charge >= 0.3 is 6.09 Å². The fraction of sp³-hybridized carbons (Fsp3) is 0.579. The fourth-order valence-electron chi connectivity index (χ4n) is 3.72. The van der Waals surface area contributed by atoms with Gasteiger partial charge in [0.2, 0.25) is 0 Å². The molecule has 5 nitrogen and oxygen atoms in total. The molecule has 1 N–H and O–H groups in total. The first-order valence-electron chi connectivity index (χ1n) is 8.71. The normalized spacial score (nSPS) is 32.7. The number of piperidine rings is 1. The molecule has 1 saturated carbocycles. The highest BCUT2D eigenvalue weighted by atomic mass is 16.6. The fourth-order valence-corrected chi connectivity index (χ4v) is 3.72. The van der Waals surface area contributed by atoms with Gasteiger partial charge in [-0.25, -0.2) is 4.79 Å². The van der Waals surface area contributed by atoms with Crippen LogP contribution in [0.15, 0.2) is 30.3 Å². The van der Waals surface area contributed by atoms with Crippen LogP contribution < -0.4 is 5.32 Å². The van der Waals surface area contributed by atoms with Crippen LogP contribution in [-0.4, -0.2) is 40.9 Å². The molecule has 0 radical (unpaired) electrons. The average molecular weight is 328 g/mol. The van der Waals surface area contributed by atoms with Crippen molar-refractivity contribution < 1.29 is 14.3 Å². The number of Topliss-reactive ketones (excluding diaryl/α,β-unsaturated/α-hetero) is 1. The van der Waals surface area contributed by atoms with Gasteiger partial charge in [0.25, 0.3) is 0 Å². The van der Waals surface area contributed by atoms with Crippen LogP contribution in [0.1, 0.15) is 38.7 Å². The molecule has 1 amide bonds. The molecule has 0 aromatic heterocycles. The predicted molar refractivity (Wildman–Crippen MR) is 89.4 cm³/mol. The van der Waals surface area contributed by atoms with Crippen LogP contribution in [0.2, 0.25) is 0 Å². The lowest BCUT2D eigenvalue weighted by atomic mass is 9.77. The summed E-state index contributed by atoms with van der Waals surface area (Å²) in [5, 5.41) is 3.22. The van der Waals surface area contributed by atoms with E-state index < -0.39 is 0 Å². The van der Waals surface area contributed by atoms with Crippen LogP contribution in [0.4, 0.5) is 4.79 Å². The molecule has 2 heterocycles. The molecular weight excluding hydrogens is 304 g/mol. The highest BCUT2D eigenvalue weighted by Crippen LogP contribution is 2.54. The Kier molecular flexibility index (Phi) is 3.46. The summed E-state index contributed by atoms with van der Waals surface area (Å²) in [4.78, 5) is 27.1. The smallest absolute Gasteiger partial charge is 0.410 e. The summed E-state index contributed by atoms with van der Waals surface area (Å²) in [6, 6.07) is 9.62. The number of benzene rings is 1. The van der Waals surface area contributed by atoms with E-state index in [0.717, 1.165) is 18.4 Å². The molecule has 24 heavy (non-hydrogen) atoms. The lowest BCUT2D eigenvalue weighted by Crippen LogP contribution is -2.54. The van der Waals surface area contributed by atoms with Crippen molar-refractivity contribution in [2.24, 2.45) is 5.41 Å². The molecule has 4 rings (SSSR count). The number of nitrogens with zero attached hydrogens (tertiary/aromatic N) is 1. The Morgan fingerprint density at radius 2 is 1.92 bits per heavy atom. The first-order valence-corrected chi connectivity index (χ1v) is 8.71. The minimum absolute atomic E-state index is 0.0758. The second kappa shape index (κ2) is 5.31. The van der Waals surface area contributed by atoms with Crippen LogP contribution in [0.25, 0.3) is 0 Å². The first kappa shape index (κ1) is 15.6. The summed E-state index contributed by atoms with van der Waals surface area (Å²) in [5.74, 6) is 0.178. The van der Waals surface area contributed by atoms with Gasteiger partial charge in [-0.05, 0) is 30.2 Å². The summed E-state index contributed by atoms with van der Waals surface area (Å²) < 4.78 is 5.48. The number of likely N-dealkylation sites (tertiary alicyclic amines) is 1. The minimum Gasteiger partial charge on any atom is -0.445 e. The highest BCUT2D eigenvalue weighted by Gasteiger charge is 2.76. The molecule has 1 aromatic carbocycles. The Balaban J connectivity index is 1.45. The van der Waals surface area contributed by atoms with E-state index in [4.69, 9.17) is 4.74 Å². The quantitative estimate of drug-likeness (QED) is 0.862. The topological polar surface area (TPSA) is 68.5 Å². The predicted octanol–water partition coefficient (Wildman–Crippen LogP) is 2.50. The van der Waals surface area contributed by atoms with Crippen molar-refractivity contribution in [1.29, 1.82) is 0 Å². The lowest BCUT2D eigenvalue weighted by molar-refractivity contribution is -0.127. The van der Waals surface area contributed by atoms with Gasteiger partial charge in [-0.2, -0.15) is 0 Å². The van der Waals surface area contributed by atoms with Crippen molar-refractivity contribution in [3.05, 3.63) is 35.9 Å². The lowest BCUT2D eigenvalue weighted by Gasteiger charge is -2.42. The number of carbonyl (C=O) groups is 2. The van der Waals surface area contributed by atoms with Crippen LogP contribution in [0.5, 0.6) is 0 Å². The number of amides is 1. The van der Waals surface area contributed by atoms with Crippen molar-refractivity contribution in [2.75, 3.05) is 6.54 Å². The van der Waals surface area contributed by atoms with E-state index in [1.807, 2.05) is 30.3 Å². The number of hydrogen-bond donors (Lipinski definition) is 1. The van der Waals surface area contributed by atoms with Crippen molar-refractivity contribution in [2.45, 2.75) is 57.3 Å². The molecule has 2 saturated heterocycles. The Morgan fingerprint density at radius 3 is 2.54 bits per heavy atom. The van der Waals surface area contributed by atoms with Gasteiger partial charge in [0.15, 0.2) is 5.78 Å². The summed E-state index contributed by atoms with van der Waals surface area (Å²) in [7, 11) is 0. The van der Waals surface area contributed by atoms with Gasteiger partial charge < -0.3 is 4.74 Å². The summed E-state index contributed by atoms with van der Waals surface area (Å²) in [5.41, 5.74) is 0.721. The SMILES string of the molecule is CC1(C)CCN(C(=O)OCc2ccccc2)[C@H](C(=O)C23CC2N3)C1. The molecule has 128 valence electrons. The van der Waals surface area contributed by atoms with Gasteiger partial charge in [0.1, 0.15) is 6.61 Å². The Bertz CT molecular complexity index is 664. The number of hydrogen-bond acceptors (Lipinski definition) is 4. The summed E-state index contributed by atoms with van der Waals surface area (Å²) >= 11 is 0. The second-order valence-corrected chi connectivity index (χ2v) is 8.10. The number of nitrogens with one attached hydrogen (secondary N) is 1. The molecule has 3 aliphatic rings. The number of carbonyl (C=O) groups excluding carboxylic acids is 2. The molecule has 3 fully saturated rings. The van der Waals surface area contributed by atoms with E-state index in [9.17, 15) is 9.59 Å². The van der Waals surface area contributed by atoms with E-state index in [-0.39, 0.29) is 35.5 Å². The number of rotatable bonds is 4. The maximum absolute atomic E-state index is 12.9. The van der Waals surface area contributed by atoms with Crippen LogP contribution in [0.3, 0.4) is 0 Å². The number of ether oxygens (including phenoxy) is 1. The van der Waals surface area contributed by atoms with Crippen molar-refractivity contribution in [3.63, 3.8) is 0 Å². The molecule has 0 spiro atoms. The van der Waals surface area contributed by atoms with Crippen molar-refractivity contribution in [3.8, 4) is 0 Å². The first-order chi connectivity index (χ1) is 11.4. The molecule has 2 aliphatic heterocycles. The number of ketones is 1. The zero-order valence-corrected chi connectivity index (χ0v) is 14.2. The highest BCUT2D eigenvalue weighted by molar-refractivity contribution is 6.02. The van der Waals surface area contributed by atoms with Crippen LogP contribution in [-0.2, 0) is 16.1 Å². The third-order valence-electron chi connectivity index (χ3n) is 5.64. The van der Waals surface area contributed by atoms with Gasteiger partial charge in [-0.3, -0.25) is 15.0 Å². The van der Waals surface area contributed by atoms with E-state index >= 15 is 0 Å². The van der Waals surface area contributed by atoms with Gasteiger partial charge in [-0.15, -0.1) is 0 Å². The van der Waals surface area contributed by atoms with Gasteiger partial charge in [0.05, 0.1) is 11.6 Å². The summed E-state index contributed by atoms with van der Waals surface area (Å²) in [6.45, 7) is 5.16. The third-order valence-corrected chi connectivity index (χ3v) is 5.64. The second-order valence-electron chi connectivity index (χ2n) is 8.10. The Labute approximate surface area is 142 Å². The molecule has 1 aliphatic carbocycles. The summed E-state index contributed by atoms with van der Waals surface area (Å²) in [6.07, 6.45) is 2.15. The molecular formula is C19H24N2O3. The maximum Gasteiger partial charge on any atom is 0.410 e. The average Bonchev–Trinajstić information content (AvgIpc) is 3.42. The Morgan fingerprint density at radius 1 is 1.25 bits per heavy atom. The standard InChI is InChI=1S/C19H24N2O3/c1-18(2)8-9-21(14(10-18)16(22)19-11-15(19)20-19)17(23)24-12-13-6-4-3-5-7-13/h3-7,14-15,20H,8-12H2,1-2H3/t14-,15?,19?/m0/s1. The molecule has 1 aromatic rings. The van der Waals surface area contributed by atoms with Crippen LogP contribution >= 0.6 is 0 Å². The zero-order valence-electron chi connectivity index (χ0n) is 14.2. The zero-order chi connectivity index (χ0) is 16.9. The largest absolute Gasteiger partial charge is 0.445 e. The van der Waals surface area contributed by atoms with E-state index in [2.05, 4.69) is 19.2 Å². The minimum atomic E-state index is -0.373. The molecule has 5 heteroatoms. The number of fused-ring (bicyclic) bond motifs is 1. The van der Waals surface area contributed by atoms with E-state index in [1.165, 1.54) is 0 Å².